The van der Waals surface area contributed by atoms with Gasteiger partial charge in [0.05, 0.1) is 0 Å². The Morgan fingerprint density at radius 1 is 0.846 bits per heavy atom. The Morgan fingerprint density at radius 3 is 1.46 bits per heavy atom. The second-order valence-corrected chi connectivity index (χ2v) is 17.1. The molecule has 0 amide bonds. The van der Waals surface area contributed by atoms with E-state index in [1.165, 1.54) is 35.1 Å². The first-order valence-corrected chi connectivity index (χ1v) is 12.3. The first-order valence-electron chi connectivity index (χ1n) is 5.75. The van der Waals surface area contributed by atoms with Gasteiger partial charge >= 0.3 is 87.9 Å². The fraction of sp³-hybridized carbons (Fsp3) is 1.00. The summed E-state index contributed by atoms with van der Waals surface area (Å²) in [6.45, 7) is 14.8. The zero-order valence-electron chi connectivity index (χ0n) is 9.64. The van der Waals surface area contributed by atoms with Gasteiger partial charge in [-0.25, -0.2) is 0 Å². The van der Waals surface area contributed by atoms with Gasteiger partial charge in [0.15, 0.2) is 0 Å². The average molecular weight is 291 g/mol. The van der Waals surface area contributed by atoms with Crippen LogP contribution in [0, 0.1) is 0 Å². The van der Waals surface area contributed by atoms with Crippen LogP contribution >= 0.6 is 0 Å². The third kappa shape index (κ3) is 1.90. The van der Waals surface area contributed by atoms with E-state index in [4.69, 9.17) is 0 Å². The molecule has 1 rings (SSSR count). The van der Waals surface area contributed by atoms with E-state index in [9.17, 15) is 0 Å². The SMILES string of the molecule is CC[N]1CC[N](CC)[Sn]1([CH2]C)[CH2]C. The summed E-state index contributed by atoms with van der Waals surface area (Å²) in [5, 5.41) is 0. The molecular weight excluding hydrogens is 267 g/mol. The molecule has 0 aromatic rings. The minimum absolute atomic E-state index is 1.29. The molecule has 0 radical (unpaired) electrons. The van der Waals surface area contributed by atoms with Crippen LogP contribution in [0.2, 0.25) is 8.87 Å². The summed E-state index contributed by atoms with van der Waals surface area (Å²) in [4.78, 5) is 0. The van der Waals surface area contributed by atoms with Crippen molar-refractivity contribution in [3.05, 3.63) is 0 Å². The van der Waals surface area contributed by atoms with Crippen LogP contribution in [0.5, 0.6) is 0 Å². The normalized spacial score (nSPS) is 24.0. The zero-order valence-corrected chi connectivity index (χ0v) is 12.5. The fourth-order valence-electron chi connectivity index (χ4n) is 2.91. The molecule has 0 N–H and O–H groups in total. The first-order chi connectivity index (χ1) is 6.25. The first kappa shape index (κ1) is 11.8. The summed E-state index contributed by atoms with van der Waals surface area (Å²) >= 11 is -1.97. The van der Waals surface area contributed by atoms with E-state index in [-0.39, 0.29) is 0 Å². The van der Waals surface area contributed by atoms with E-state index in [1.54, 1.807) is 0 Å². The van der Waals surface area contributed by atoms with Crippen molar-refractivity contribution >= 4 is 18.9 Å². The van der Waals surface area contributed by atoms with Gasteiger partial charge in [0.2, 0.25) is 0 Å². The van der Waals surface area contributed by atoms with Gasteiger partial charge in [-0.1, -0.05) is 0 Å². The van der Waals surface area contributed by atoms with Crippen LogP contribution in [0.1, 0.15) is 27.7 Å². The van der Waals surface area contributed by atoms with Gasteiger partial charge in [-0.05, 0) is 0 Å². The molecule has 1 aliphatic heterocycles. The second-order valence-electron chi connectivity index (χ2n) is 3.85. The Kier molecular flexibility index (Phi) is 4.52. The topological polar surface area (TPSA) is 6.48 Å². The van der Waals surface area contributed by atoms with Crippen molar-refractivity contribution in [3.63, 3.8) is 0 Å². The molecule has 0 aromatic carbocycles. The number of nitrogens with zero attached hydrogens (tertiary/aromatic N) is 2. The Bertz CT molecular complexity index is 143. The van der Waals surface area contributed by atoms with Crippen LogP contribution in [0.3, 0.4) is 0 Å². The van der Waals surface area contributed by atoms with Gasteiger partial charge in [-0.15, -0.1) is 0 Å². The summed E-state index contributed by atoms with van der Waals surface area (Å²) in [6.07, 6.45) is 0. The van der Waals surface area contributed by atoms with Gasteiger partial charge in [-0.2, -0.15) is 0 Å². The van der Waals surface area contributed by atoms with Crippen LogP contribution in [0.4, 0.5) is 0 Å². The Hall–Kier alpha value is 0.719. The average Bonchev–Trinajstić information content (AvgIpc) is 2.55. The summed E-state index contributed by atoms with van der Waals surface area (Å²) in [6, 6.07) is 0. The maximum absolute atomic E-state index is 2.85. The number of rotatable bonds is 4. The van der Waals surface area contributed by atoms with E-state index in [1.807, 2.05) is 0 Å². The van der Waals surface area contributed by atoms with E-state index in [2.05, 4.69) is 33.9 Å². The number of hydrogen-bond donors (Lipinski definition) is 0. The molecule has 0 bridgehead atoms. The summed E-state index contributed by atoms with van der Waals surface area (Å²) < 4.78 is 8.62. The van der Waals surface area contributed by atoms with Crippen molar-refractivity contribution in [3.8, 4) is 0 Å². The molecule has 1 aliphatic rings. The van der Waals surface area contributed by atoms with Crippen LogP contribution < -0.4 is 0 Å². The molecular formula is C10H24N2Sn. The molecule has 0 atom stereocenters. The number of likely N-dealkylation sites (N-methyl/N-ethyl adjacent to an activating group) is 2. The quantitative estimate of drug-likeness (QED) is 0.732. The van der Waals surface area contributed by atoms with Crippen molar-refractivity contribution in [1.29, 1.82) is 0 Å². The molecule has 2 nitrogen and oxygen atoms in total. The van der Waals surface area contributed by atoms with Gasteiger partial charge in [-0.3, -0.25) is 0 Å². The molecule has 0 aromatic heterocycles. The van der Waals surface area contributed by atoms with Crippen LogP contribution in [-0.4, -0.2) is 51.3 Å². The van der Waals surface area contributed by atoms with E-state index < -0.39 is 18.9 Å². The molecule has 0 unspecified atom stereocenters. The van der Waals surface area contributed by atoms with E-state index in [0.29, 0.717) is 0 Å². The van der Waals surface area contributed by atoms with Crippen molar-refractivity contribution in [2.24, 2.45) is 0 Å². The van der Waals surface area contributed by atoms with Gasteiger partial charge in [0, 0.05) is 0 Å². The van der Waals surface area contributed by atoms with Crippen LogP contribution in [0.15, 0.2) is 0 Å². The molecule has 3 heteroatoms. The standard InChI is InChI=1S/C6H14N2.2C2H5.Sn/c1-3-7-5-6-8-4-2;2*1-2;/h3-6H2,1-2H3;2*1H2,2H3;/q-2;;;+2. The monoisotopic (exact) mass is 292 g/mol. The summed E-state index contributed by atoms with van der Waals surface area (Å²) in [5.74, 6) is 0. The maximum atomic E-state index is 2.85. The van der Waals surface area contributed by atoms with E-state index in [0.717, 1.165) is 0 Å². The van der Waals surface area contributed by atoms with Crippen molar-refractivity contribution in [1.82, 2.24) is 6.24 Å². The summed E-state index contributed by atoms with van der Waals surface area (Å²) in [5.41, 5.74) is 0. The molecule has 0 aliphatic carbocycles. The van der Waals surface area contributed by atoms with Gasteiger partial charge < -0.3 is 0 Å². The van der Waals surface area contributed by atoms with Crippen LogP contribution in [-0.2, 0) is 0 Å². The third-order valence-electron chi connectivity index (χ3n) is 3.71. The van der Waals surface area contributed by atoms with Gasteiger partial charge in [0.25, 0.3) is 0 Å². The predicted octanol–water partition coefficient (Wildman–Crippen LogP) is 2.13. The molecule has 1 saturated heterocycles. The fourth-order valence-corrected chi connectivity index (χ4v) is 16.9. The predicted molar refractivity (Wildman–Crippen MR) is 61.2 cm³/mol. The van der Waals surface area contributed by atoms with Crippen LogP contribution in [0.25, 0.3) is 0 Å². The molecule has 0 spiro atoms. The van der Waals surface area contributed by atoms with Gasteiger partial charge in [0.1, 0.15) is 0 Å². The summed E-state index contributed by atoms with van der Waals surface area (Å²) in [7, 11) is 0. The number of hydrogen-bond acceptors (Lipinski definition) is 2. The Labute approximate surface area is 87.9 Å². The van der Waals surface area contributed by atoms with Crippen molar-refractivity contribution in [2.75, 3.05) is 26.2 Å². The molecule has 1 heterocycles. The minimum atomic E-state index is -1.97. The van der Waals surface area contributed by atoms with Crippen molar-refractivity contribution < 1.29 is 0 Å². The molecule has 0 saturated carbocycles. The van der Waals surface area contributed by atoms with E-state index >= 15 is 0 Å². The Morgan fingerprint density at radius 2 is 1.23 bits per heavy atom. The van der Waals surface area contributed by atoms with Crippen molar-refractivity contribution in [2.45, 2.75) is 36.6 Å². The second kappa shape index (κ2) is 4.98. The molecule has 78 valence electrons. The Balaban J connectivity index is 2.81. The zero-order chi connectivity index (χ0) is 9.90. The third-order valence-corrected chi connectivity index (χ3v) is 20.0. The molecule has 13 heavy (non-hydrogen) atoms. The molecule has 1 fully saturated rings.